The summed E-state index contributed by atoms with van der Waals surface area (Å²) in [4.78, 5) is 0. The lowest BCUT2D eigenvalue weighted by Crippen LogP contribution is -2.06. The van der Waals surface area contributed by atoms with Crippen molar-refractivity contribution in [2.45, 2.75) is 13.0 Å². The van der Waals surface area contributed by atoms with E-state index >= 15 is 0 Å². The van der Waals surface area contributed by atoms with E-state index in [4.69, 9.17) is 0 Å². The van der Waals surface area contributed by atoms with E-state index in [-0.39, 0.29) is 11.9 Å². The Morgan fingerprint density at radius 2 is 1.71 bits per heavy atom. The molecule has 21 heavy (non-hydrogen) atoms. The molecule has 3 rings (SSSR count). The minimum atomic E-state index is -0.251. The largest absolute Gasteiger partial charge is 0.378 e. The Morgan fingerprint density at radius 1 is 0.952 bits per heavy atom. The Hall–Kier alpha value is -1.87. The fourth-order valence-corrected chi connectivity index (χ4v) is 2.78. The highest BCUT2D eigenvalue weighted by Gasteiger charge is 2.07. The first-order valence-corrected chi connectivity index (χ1v) is 7.63. The predicted molar refractivity (Wildman–Crippen MR) is 90.1 cm³/mol. The minimum Gasteiger partial charge on any atom is -0.378 e. The molecule has 1 atom stereocenters. The first-order chi connectivity index (χ1) is 10.1. The summed E-state index contributed by atoms with van der Waals surface area (Å²) in [5.74, 6) is -0.251. The van der Waals surface area contributed by atoms with Gasteiger partial charge in [-0.25, -0.2) is 4.39 Å². The molecule has 1 N–H and O–H groups in total. The lowest BCUT2D eigenvalue weighted by molar-refractivity contribution is 0.621. The Balaban J connectivity index is 1.85. The van der Waals surface area contributed by atoms with Crippen molar-refractivity contribution in [1.82, 2.24) is 0 Å². The Morgan fingerprint density at radius 3 is 2.48 bits per heavy atom. The Labute approximate surface area is 131 Å². The van der Waals surface area contributed by atoms with Gasteiger partial charge in [-0.2, -0.15) is 0 Å². The van der Waals surface area contributed by atoms with E-state index in [2.05, 4.69) is 58.5 Å². The zero-order valence-electron chi connectivity index (χ0n) is 11.6. The van der Waals surface area contributed by atoms with Crippen LogP contribution < -0.4 is 5.32 Å². The molecule has 0 amide bonds. The highest BCUT2D eigenvalue weighted by atomic mass is 79.9. The van der Waals surface area contributed by atoms with E-state index in [0.29, 0.717) is 4.47 Å². The fourth-order valence-electron chi connectivity index (χ4n) is 2.40. The van der Waals surface area contributed by atoms with Crippen LogP contribution in [0.25, 0.3) is 10.8 Å². The molecule has 0 aliphatic rings. The maximum Gasteiger partial charge on any atom is 0.137 e. The third-order valence-corrected chi connectivity index (χ3v) is 4.18. The normalized spacial score (nSPS) is 12.3. The molecule has 3 heteroatoms. The Bertz CT molecular complexity index is 785. The van der Waals surface area contributed by atoms with Crippen molar-refractivity contribution in [2.24, 2.45) is 0 Å². The molecule has 0 spiro atoms. The predicted octanol–water partition coefficient (Wildman–Crippen LogP) is 5.91. The number of hydrogen-bond acceptors (Lipinski definition) is 1. The first kappa shape index (κ1) is 14.1. The van der Waals surface area contributed by atoms with Crippen molar-refractivity contribution >= 4 is 32.4 Å². The van der Waals surface area contributed by atoms with Gasteiger partial charge in [-0.3, -0.25) is 0 Å². The number of fused-ring (bicyclic) bond motifs is 1. The van der Waals surface area contributed by atoms with Crippen molar-refractivity contribution in [3.05, 3.63) is 76.5 Å². The van der Waals surface area contributed by atoms with Crippen LogP contribution in [0.15, 0.2) is 65.1 Å². The quantitative estimate of drug-likeness (QED) is 0.622. The van der Waals surface area contributed by atoms with E-state index < -0.39 is 0 Å². The van der Waals surface area contributed by atoms with Crippen LogP contribution in [0.3, 0.4) is 0 Å². The summed E-state index contributed by atoms with van der Waals surface area (Å²) in [5, 5.41) is 5.85. The lowest BCUT2D eigenvalue weighted by Gasteiger charge is -2.16. The van der Waals surface area contributed by atoms with Crippen LogP contribution >= 0.6 is 15.9 Å². The van der Waals surface area contributed by atoms with Crippen LogP contribution in [0, 0.1) is 5.82 Å². The molecule has 0 fully saturated rings. The number of hydrogen-bond donors (Lipinski definition) is 1. The summed E-state index contributed by atoms with van der Waals surface area (Å²) in [5.41, 5.74) is 2.10. The van der Waals surface area contributed by atoms with Crippen LogP contribution in [-0.4, -0.2) is 0 Å². The van der Waals surface area contributed by atoms with Gasteiger partial charge >= 0.3 is 0 Å². The number of halogens is 2. The molecule has 0 radical (unpaired) electrons. The molecule has 0 aromatic heterocycles. The van der Waals surface area contributed by atoms with Gasteiger partial charge in [0.15, 0.2) is 0 Å². The smallest absolute Gasteiger partial charge is 0.137 e. The number of rotatable bonds is 3. The molecule has 1 unspecified atom stereocenters. The van der Waals surface area contributed by atoms with Crippen molar-refractivity contribution in [2.75, 3.05) is 5.32 Å². The van der Waals surface area contributed by atoms with E-state index in [1.165, 1.54) is 22.4 Å². The number of nitrogens with one attached hydrogen (secondary N) is 1. The topological polar surface area (TPSA) is 12.0 Å². The molecule has 3 aromatic rings. The summed E-state index contributed by atoms with van der Waals surface area (Å²) in [6, 6.07) is 19.8. The molecule has 3 aromatic carbocycles. The van der Waals surface area contributed by atoms with Gasteiger partial charge in [0, 0.05) is 11.7 Å². The van der Waals surface area contributed by atoms with Crippen molar-refractivity contribution in [3.63, 3.8) is 0 Å². The third-order valence-electron chi connectivity index (χ3n) is 3.58. The second-order valence-electron chi connectivity index (χ2n) is 5.10. The molecule has 0 saturated heterocycles. The molecular weight excluding hydrogens is 329 g/mol. The summed E-state index contributed by atoms with van der Waals surface area (Å²) in [6.45, 7) is 2.10. The van der Waals surface area contributed by atoms with Gasteiger partial charge in [-0.1, -0.05) is 36.4 Å². The van der Waals surface area contributed by atoms with Crippen molar-refractivity contribution in [3.8, 4) is 0 Å². The zero-order valence-corrected chi connectivity index (χ0v) is 13.2. The molecule has 106 valence electrons. The maximum absolute atomic E-state index is 13.3. The van der Waals surface area contributed by atoms with Gasteiger partial charge in [0.05, 0.1) is 4.47 Å². The molecular formula is C18H15BrFN. The average Bonchev–Trinajstić information content (AvgIpc) is 2.50. The standard InChI is InChI=1S/C18H15BrFN/c1-12(21-16-8-9-18(20)17(19)11-16)14-7-6-13-4-2-3-5-15(13)10-14/h2-12,21H,1H3. The van der Waals surface area contributed by atoms with Gasteiger partial charge in [-0.15, -0.1) is 0 Å². The van der Waals surface area contributed by atoms with E-state index in [1.54, 1.807) is 12.1 Å². The number of anilines is 1. The molecule has 0 aliphatic carbocycles. The maximum atomic E-state index is 13.3. The minimum absolute atomic E-state index is 0.145. The average molecular weight is 344 g/mol. The molecule has 0 saturated carbocycles. The van der Waals surface area contributed by atoms with Gasteiger partial charge in [0.2, 0.25) is 0 Å². The summed E-state index contributed by atoms with van der Waals surface area (Å²) in [6.07, 6.45) is 0. The van der Waals surface area contributed by atoms with Gasteiger partial charge < -0.3 is 5.32 Å². The van der Waals surface area contributed by atoms with Crippen LogP contribution in [-0.2, 0) is 0 Å². The highest BCUT2D eigenvalue weighted by molar-refractivity contribution is 9.10. The number of benzene rings is 3. The molecule has 0 aliphatic heterocycles. The monoisotopic (exact) mass is 343 g/mol. The molecule has 1 nitrogen and oxygen atoms in total. The first-order valence-electron chi connectivity index (χ1n) is 6.84. The third kappa shape index (κ3) is 3.08. The van der Waals surface area contributed by atoms with Crippen LogP contribution in [0.1, 0.15) is 18.5 Å². The fraction of sp³-hybridized carbons (Fsp3) is 0.111. The van der Waals surface area contributed by atoms with E-state index in [0.717, 1.165) is 5.69 Å². The van der Waals surface area contributed by atoms with Crippen LogP contribution in [0.4, 0.5) is 10.1 Å². The molecule has 0 bridgehead atoms. The highest BCUT2D eigenvalue weighted by Crippen LogP contribution is 2.26. The lowest BCUT2D eigenvalue weighted by atomic mass is 10.0. The van der Waals surface area contributed by atoms with Crippen molar-refractivity contribution in [1.29, 1.82) is 0 Å². The van der Waals surface area contributed by atoms with Gasteiger partial charge in [-0.05, 0) is 63.5 Å². The van der Waals surface area contributed by atoms with Gasteiger partial charge in [0.25, 0.3) is 0 Å². The van der Waals surface area contributed by atoms with Crippen LogP contribution in [0.2, 0.25) is 0 Å². The summed E-state index contributed by atoms with van der Waals surface area (Å²) in [7, 11) is 0. The van der Waals surface area contributed by atoms with Gasteiger partial charge in [0.1, 0.15) is 5.82 Å². The summed E-state index contributed by atoms with van der Waals surface area (Å²) < 4.78 is 13.7. The Kier molecular flexibility index (Phi) is 3.93. The molecule has 0 heterocycles. The second kappa shape index (κ2) is 5.86. The summed E-state index contributed by atoms with van der Waals surface area (Å²) >= 11 is 3.21. The van der Waals surface area contributed by atoms with Crippen LogP contribution in [0.5, 0.6) is 0 Å². The SMILES string of the molecule is CC(Nc1ccc(F)c(Br)c1)c1ccc2ccccc2c1. The van der Waals surface area contributed by atoms with E-state index in [9.17, 15) is 4.39 Å². The van der Waals surface area contributed by atoms with E-state index in [1.807, 2.05) is 12.1 Å². The second-order valence-corrected chi connectivity index (χ2v) is 5.96. The zero-order chi connectivity index (χ0) is 14.8. The van der Waals surface area contributed by atoms with Crippen molar-refractivity contribution < 1.29 is 4.39 Å².